The molecular formula is C21H27IN4O2. The number of rotatable bonds is 6. The molecule has 3 rings (SSSR count). The lowest BCUT2D eigenvalue weighted by molar-refractivity contribution is -0.114. The summed E-state index contributed by atoms with van der Waals surface area (Å²) in [7, 11) is 1.76. The molecule has 6 nitrogen and oxygen atoms in total. The van der Waals surface area contributed by atoms with E-state index in [1.807, 2.05) is 24.3 Å². The minimum atomic E-state index is -0.0734. The molecule has 2 aromatic rings. The average Bonchev–Trinajstić information content (AvgIpc) is 3.12. The van der Waals surface area contributed by atoms with Gasteiger partial charge in [-0.3, -0.25) is 9.79 Å². The number of hydrogen-bond donors (Lipinski definition) is 3. The monoisotopic (exact) mass is 494 g/mol. The topological polar surface area (TPSA) is 74.8 Å². The summed E-state index contributed by atoms with van der Waals surface area (Å²) >= 11 is 0. The molecule has 1 aliphatic rings. The SMILES string of the molecule is CN=C(NCCc1ccc2c(c1)CCO2)NCc1cccc(NC(C)=O)c1.I. The van der Waals surface area contributed by atoms with E-state index in [1.165, 1.54) is 18.1 Å². The zero-order valence-corrected chi connectivity index (χ0v) is 18.6. The number of carbonyl (C=O) groups excluding carboxylic acids is 1. The first-order chi connectivity index (χ1) is 13.1. The highest BCUT2D eigenvalue weighted by molar-refractivity contribution is 14.0. The van der Waals surface area contributed by atoms with E-state index in [9.17, 15) is 4.79 Å². The van der Waals surface area contributed by atoms with Gasteiger partial charge in [0.15, 0.2) is 5.96 Å². The minimum absolute atomic E-state index is 0. The lowest BCUT2D eigenvalue weighted by Crippen LogP contribution is -2.37. The van der Waals surface area contributed by atoms with E-state index in [1.54, 1.807) is 7.05 Å². The normalized spacial score (nSPS) is 12.4. The highest BCUT2D eigenvalue weighted by Gasteiger charge is 2.11. The molecule has 0 spiro atoms. The zero-order valence-electron chi connectivity index (χ0n) is 16.2. The van der Waals surface area contributed by atoms with Gasteiger partial charge in [-0.2, -0.15) is 0 Å². The number of benzene rings is 2. The largest absolute Gasteiger partial charge is 0.493 e. The van der Waals surface area contributed by atoms with Crippen LogP contribution >= 0.6 is 24.0 Å². The van der Waals surface area contributed by atoms with Crippen LogP contribution in [0.5, 0.6) is 5.75 Å². The molecule has 1 aliphatic heterocycles. The zero-order chi connectivity index (χ0) is 19.1. The van der Waals surface area contributed by atoms with Crippen LogP contribution < -0.4 is 20.7 Å². The lowest BCUT2D eigenvalue weighted by atomic mass is 10.1. The Balaban J connectivity index is 0.00000280. The Morgan fingerprint density at radius 1 is 1.14 bits per heavy atom. The molecule has 7 heteroatoms. The average molecular weight is 494 g/mol. The number of halogens is 1. The first-order valence-corrected chi connectivity index (χ1v) is 9.19. The molecule has 1 amide bonds. The van der Waals surface area contributed by atoms with Crippen LogP contribution in [0.15, 0.2) is 47.5 Å². The van der Waals surface area contributed by atoms with Gasteiger partial charge >= 0.3 is 0 Å². The molecule has 150 valence electrons. The van der Waals surface area contributed by atoms with E-state index in [4.69, 9.17) is 4.74 Å². The molecule has 1 heterocycles. The Morgan fingerprint density at radius 2 is 2.00 bits per heavy atom. The summed E-state index contributed by atoms with van der Waals surface area (Å²) in [6.07, 6.45) is 1.92. The van der Waals surface area contributed by atoms with Crippen molar-refractivity contribution in [2.45, 2.75) is 26.3 Å². The first kappa shape index (κ1) is 22.0. The van der Waals surface area contributed by atoms with E-state index < -0.39 is 0 Å². The summed E-state index contributed by atoms with van der Waals surface area (Å²) in [5, 5.41) is 9.44. The van der Waals surface area contributed by atoms with Crippen molar-refractivity contribution in [3.63, 3.8) is 0 Å². The Morgan fingerprint density at radius 3 is 2.79 bits per heavy atom. The fourth-order valence-electron chi connectivity index (χ4n) is 3.09. The molecular weight excluding hydrogens is 467 g/mol. The second-order valence-corrected chi connectivity index (χ2v) is 6.52. The number of nitrogens with one attached hydrogen (secondary N) is 3. The van der Waals surface area contributed by atoms with Gasteiger partial charge in [0.05, 0.1) is 6.61 Å². The van der Waals surface area contributed by atoms with Crippen molar-refractivity contribution >= 4 is 41.5 Å². The quantitative estimate of drug-likeness (QED) is 0.328. The number of aliphatic imine (C=N–C) groups is 1. The Labute approximate surface area is 183 Å². The van der Waals surface area contributed by atoms with Crippen LogP contribution in [0, 0.1) is 0 Å². The summed E-state index contributed by atoms with van der Waals surface area (Å²) in [4.78, 5) is 15.4. The van der Waals surface area contributed by atoms with Gasteiger partial charge in [0.1, 0.15) is 5.75 Å². The lowest BCUT2D eigenvalue weighted by Gasteiger charge is -2.13. The van der Waals surface area contributed by atoms with Crippen molar-refractivity contribution < 1.29 is 9.53 Å². The maximum absolute atomic E-state index is 11.2. The summed E-state index contributed by atoms with van der Waals surface area (Å²) < 4.78 is 5.55. The van der Waals surface area contributed by atoms with Gasteiger partial charge in [-0.15, -0.1) is 24.0 Å². The number of nitrogens with zero attached hydrogens (tertiary/aromatic N) is 1. The maximum Gasteiger partial charge on any atom is 0.221 e. The molecule has 0 bridgehead atoms. The van der Waals surface area contributed by atoms with Crippen LogP contribution in [0.3, 0.4) is 0 Å². The van der Waals surface area contributed by atoms with Crippen LogP contribution in [0.25, 0.3) is 0 Å². The summed E-state index contributed by atoms with van der Waals surface area (Å²) in [5.41, 5.74) is 4.47. The van der Waals surface area contributed by atoms with Gasteiger partial charge in [-0.05, 0) is 41.3 Å². The van der Waals surface area contributed by atoms with Crippen molar-refractivity contribution in [1.29, 1.82) is 0 Å². The van der Waals surface area contributed by atoms with Gasteiger partial charge in [0, 0.05) is 39.2 Å². The molecule has 0 atom stereocenters. The molecule has 28 heavy (non-hydrogen) atoms. The standard InChI is InChI=1S/C21H26N4O2.HI/c1-15(26)25-19-5-3-4-17(13-19)14-24-21(22-2)23-10-8-16-6-7-20-18(12-16)9-11-27-20;/h3-7,12-13H,8-11,14H2,1-2H3,(H,25,26)(H2,22,23,24);1H. The summed E-state index contributed by atoms with van der Waals surface area (Å²) in [6.45, 7) is 3.72. The van der Waals surface area contributed by atoms with Crippen LogP contribution in [-0.2, 0) is 24.2 Å². The summed E-state index contributed by atoms with van der Waals surface area (Å²) in [6, 6.07) is 14.2. The van der Waals surface area contributed by atoms with Gasteiger partial charge < -0.3 is 20.7 Å². The molecule has 0 radical (unpaired) electrons. The number of amides is 1. The maximum atomic E-state index is 11.2. The van der Waals surface area contributed by atoms with Gasteiger partial charge in [-0.25, -0.2) is 0 Å². The number of ether oxygens (including phenoxy) is 1. The smallest absolute Gasteiger partial charge is 0.221 e. The van der Waals surface area contributed by atoms with Crippen LogP contribution in [0.4, 0.5) is 5.69 Å². The molecule has 2 aromatic carbocycles. The third-order valence-electron chi connectivity index (χ3n) is 4.39. The van der Waals surface area contributed by atoms with E-state index in [0.29, 0.717) is 6.54 Å². The highest BCUT2D eigenvalue weighted by Crippen LogP contribution is 2.25. The third kappa shape index (κ3) is 6.40. The Bertz CT molecular complexity index is 839. The number of anilines is 1. The van der Waals surface area contributed by atoms with Crippen molar-refractivity contribution in [3.8, 4) is 5.75 Å². The van der Waals surface area contributed by atoms with E-state index in [-0.39, 0.29) is 29.9 Å². The Hall–Kier alpha value is -2.29. The Kier molecular flexibility index (Phi) is 8.56. The second-order valence-electron chi connectivity index (χ2n) is 6.52. The third-order valence-corrected chi connectivity index (χ3v) is 4.39. The predicted molar refractivity (Wildman–Crippen MR) is 124 cm³/mol. The molecule has 0 saturated heterocycles. The summed E-state index contributed by atoms with van der Waals surface area (Å²) in [5.74, 6) is 1.70. The fraction of sp³-hybridized carbons (Fsp3) is 0.333. The molecule has 0 aromatic heterocycles. The number of hydrogen-bond acceptors (Lipinski definition) is 3. The van der Waals surface area contributed by atoms with Crippen LogP contribution in [0.1, 0.15) is 23.6 Å². The van der Waals surface area contributed by atoms with Gasteiger partial charge in [0.2, 0.25) is 5.91 Å². The van der Waals surface area contributed by atoms with Gasteiger partial charge in [0.25, 0.3) is 0 Å². The molecule has 0 aliphatic carbocycles. The molecule has 0 fully saturated rings. The van der Waals surface area contributed by atoms with Crippen LogP contribution in [0.2, 0.25) is 0 Å². The minimum Gasteiger partial charge on any atom is -0.493 e. The first-order valence-electron chi connectivity index (χ1n) is 9.19. The predicted octanol–water partition coefficient (Wildman–Crippen LogP) is 3.11. The number of carbonyl (C=O) groups is 1. The van der Waals surface area contributed by atoms with Crippen molar-refractivity contribution in [3.05, 3.63) is 59.2 Å². The van der Waals surface area contributed by atoms with Gasteiger partial charge in [-0.1, -0.05) is 24.3 Å². The van der Waals surface area contributed by atoms with E-state index >= 15 is 0 Å². The van der Waals surface area contributed by atoms with Crippen molar-refractivity contribution in [2.75, 3.05) is 25.5 Å². The number of fused-ring (bicyclic) bond motifs is 1. The number of guanidine groups is 1. The van der Waals surface area contributed by atoms with E-state index in [2.05, 4.69) is 39.1 Å². The van der Waals surface area contributed by atoms with Crippen LogP contribution in [-0.4, -0.2) is 32.1 Å². The fourth-order valence-corrected chi connectivity index (χ4v) is 3.09. The second kappa shape index (κ2) is 10.9. The molecule has 3 N–H and O–H groups in total. The van der Waals surface area contributed by atoms with Crippen molar-refractivity contribution in [2.24, 2.45) is 4.99 Å². The molecule has 0 saturated carbocycles. The molecule has 0 unspecified atom stereocenters. The van der Waals surface area contributed by atoms with E-state index in [0.717, 1.165) is 49.0 Å². The highest BCUT2D eigenvalue weighted by atomic mass is 127. The van der Waals surface area contributed by atoms with Crippen molar-refractivity contribution in [1.82, 2.24) is 10.6 Å².